The number of carbonyl (C=O) groups excluding carboxylic acids is 1. The summed E-state index contributed by atoms with van der Waals surface area (Å²) in [6.07, 6.45) is 0. The van der Waals surface area contributed by atoms with E-state index in [2.05, 4.69) is 0 Å². The highest BCUT2D eigenvalue weighted by Crippen LogP contribution is 1.69. The number of hydrogen-bond acceptors (Lipinski definition) is 2. The second-order valence-electron chi connectivity index (χ2n) is 0.779. The van der Waals surface area contributed by atoms with Crippen molar-refractivity contribution in [1.29, 1.82) is 0 Å². The Hall–Kier alpha value is -0.630. The van der Waals surface area contributed by atoms with Crippen LogP contribution in [0.25, 0.3) is 0 Å². The zero-order valence-corrected chi connectivity index (χ0v) is 4.50. The van der Waals surface area contributed by atoms with Crippen LogP contribution in [0.2, 0.25) is 0 Å². The Morgan fingerprint density at radius 1 is 1.57 bits per heavy atom. The van der Waals surface area contributed by atoms with E-state index in [9.17, 15) is 9.59 Å². The molecule has 40 valence electrons. The van der Waals surface area contributed by atoms with E-state index in [0.717, 1.165) is 0 Å². The summed E-state index contributed by atoms with van der Waals surface area (Å²) in [4.78, 5) is 19.3. The highest BCUT2D eigenvalue weighted by molar-refractivity contribution is 7.15. The molecule has 4 nitrogen and oxygen atoms in total. The number of carbonyl (C=O) groups is 2. The van der Waals surface area contributed by atoms with Gasteiger partial charge in [-0.2, -0.15) is 0 Å². The molecule has 0 bridgehead atoms. The Morgan fingerprint density at radius 3 is 2.00 bits per heavy atom. The Balaban J connectivity index is 3.58. The molecular formula is C2H4NO3P. The molecule has 0 aromatic heterocycles. The van der Waals surface area contributed by atoms with Gasteiger partial charge >= 0.3 is 11.9 Å². The van der Waals surface area contributed by atoms with E-state index < -0.39 is 11.9 Å². The highest BCUT2D eigenvalue weighted by atomic mass is 31.0. The fourth-order valence-electron chi connectivity index (χ4n) is 0.0617. The van der Waals surface area contributed by atoms with E-state index in [1.165, 1.54) is 0 Å². The molecule has 0 saturated carbocycles. The van der Waals surface area contributed by atoms with Crippen molar-refractivity contribution < 1.29 is 14.7 Å². The van der Waals surface area contributed by atoms with Gasteiger partial charge in [-0.15, -0.1) is 0 Å². The fourth-order valence-corrected chi connectivity index (χ4v) is 0.185. The van der Waals surface area contributed by atoms with Crippen molar-refractivity contribution in [3.8, 4) is 0 Å². The van der Waals surface area contributed by atoms with Gasteiger partial charge in [0.15, 0.2) is 0 Å². The van der Waals surface area contributed by atoms with Gasteiger partial charge in [0.05, 0.1) is 0 Å². The average Bonchev–Trinajstić information content (AvgIpc) is 1.65. The first-order chi connectivity index (χ1) is 3.18. The topological polar surface area (TPSA) is 66.4 Å². The predicted octanol–water partition coefficient (Wildman–Crippen LogP) is -1.02. The molecule has 0 aliphatic rings. The molecule has 1 unspecified atom stereocenters. The standard InChI is InChI=1S/C2H4NO3P/c4-1(3-7)2(5)6/h7H2,(H,3,4)(H,5,6). The summed E-state index contributed by atoms with van der Waals surface area (Å²) in [5.41, 5.74) is 0. The minimum atomic E-state index is -1.48. The third-order valence-corrected chi connectivity index (χ3v) is 0.588. The third kappa shape index (κ3) is 2.11. The Labute approximate surface area is 42.2 Å². The molecule has 7 heavy (non-hydrogen) atoms. The summed E-state index contributed by atoms with van der Waals surface area (Å²) in [5.74, 6) is -2.50. The first-order valence-corrected chi connectivity index (χ1v) is 2.00. The van der Waals surface area contributed by atoms with Crippen LogP contribution >= 0.6 is 9.39 Å². The maximum Gasteiger partial charge on any atom is 0.394 e. The molecule has 1 amide bonds. The molecule has 0 aliphatic heterocycles. The van der Waals surface area contributed by atoms with Crippen molar-refractivity contribution in [3.63, 3.8) is 0 Å². The van der Waals surface area contributed by atoms with E-state index >= 15 is 0 Å². The van der Waals surface area contributed by atoms with Gasteiger partial charge in [-0.05, 0) is 9.39 Å². The van der Waals surface area contributed by atoms with Crippen LogP contribution in [0, 0.1) is 0 Å². The van der Waals surface area contributed by atoms with Gasteiger partial charge in [-0.1, -0.05) is 0 Å². The lowest BCUT2D eigenvalue weighted by Gasteiger charge is -1.85. The van der Waals surface area contributed by atoms with Gasteiger partial charge in [0.2, 0.25) is 0 Å². The normalized spacial score (nSPS) is 7.57. The summed E-state index contributed by atoms with van der Waals surface area (Å²) in [6, 6.07) is 0. The molecule has 1 atom stereocenters. The second-order valence-corrected chi connectivity index (χ2v) is 1.07. The van der Waals surface area contributed by atoms with Crippen molar-refractivity contribution in [3.05, 3.63) is 0 Å². The summed E-state index contributed by atoms with van der Waals surface area (Å²) < 4.78 is 0. The van der Waals surface area contributed by atoms with Crippen molar-refractivity contribution >= 4 is 21.3 Å². The quantitative estimate of drug-likeness (QED) is 0.318. The van der Waals surface area contributed by atoms with Gasteiger partial charge in [0, 0.05) is 0 Å². The molecule has 0 spiro atoms. The lowest BCUT2D eigenvalue weighted by molar-refractivity contribution is -0.149. The molecule has 0 heterocycles. The Morgan fingerprint density at radius 2 is 2.00 bits per heavy atom. The van der Waals surface area contributed by atoms with Crippen molar-refractivity contribution in [2.45, 2.75) is 0 Å². The van der Waals surface area contributed by atoms with E-state index in [0.29, 0.717) is 0 Å². The lowest BCUT2D eigenvalue weighted by Crippen LogP contribution is -2.22. The molecular weight excluding hydrogens is 117 g/mol. The van der Waals surface area contributed by atoms with E-state index in [1.54, 1.807) is 9.39 Å². The molecule has 0 aliphatic carbocycles. The summed E-state index contributed by atoms with van der Waals surface area (Å²) in [6.45, 7) is 0. The number of rotatable bonds is 0. The minimum Gasteiger partial charge on any atom is -0.474 e. The van der Waals surface area contributed by atoms with Crippen LogP contribution in [-0.4, -0.2) is 17.0 Å². The van der Waals surface area contributed by atoms with E-state index in [4.69, 9.17) is 5.11 Å². The monoisotopic (exact) mass is 121 g/mol. The van der Waals surface area contributed by atoms with Crippen LogP contribution in [0.1, 0.15) is 0 Å². The average molecular weight is 121 g/mol. The Kier molecular flexibility index (Phi) is 2.30. The first kappa shape index (κ1) is 6.37. The van der Waals surface area contributed by atoms with Crippen LogP contribution in [0.3, 0.4) is 0 Å². The maximum absolute atomic E-state index is 9.78. The van der Waals surface area contributed by atoms with Crippen LogP contribution in [0.5, 0.6) is 0 Å². The number of carboxylic acids is 1. The minimum absolute atomic E-state index is 1.02. The predicted molar refractivity (Wildman–Crippen MR) is 25.5 cm³/mol. The fraction of sp³-hybridized carbons (Fsp3) is 0. The zero-order chi connectivity index (χ0) is 5.86. The smallest absolute Gasteiger partial charge is 0.394 e. The van der Waals surface area contributed by atoms with Crippen molar-refractivity contribution in [1.82, 2.24) is 5.09 Å². The maximum atomic E-state index is 9.78. The number of hydrogen-bond donors (Lipinski definition) is 2. The van der Waals surface area contributed by atoms with Gasteiger partial charge in [-0.25, -0.2) is 4.79 Å². The molecule has 0 rings (SSSR count). The number of amides is 1. The lowest BCUT2D eigenvalue weighted by atomic mass is 10.7. The molecule has 0 aromatic carbocycles. The molecule has 0 aromatic rings. The largest absolute Gasteiger partial charge is 0.474 e. The SMILES string of the molecule is O=C(O)C(=O)NP. The second kappa shape index (κ2) is 2.53. The molecule has 0 fully saturated rings. The number of aliphatic carboxylic acids is 1. The van der Waals surface area contributed by atoms with Crippen LogP contribution in [-0.2, 0) is 9.59 Å². The van der Waals surface area contributed by atoms with Gasteiger partial charge < -0.3 is 10.2 Å². The van der Waals surface area contributed by atoms with E-state index in [1.807, 2.05) is 5.09 Å². The van der Waals surface area contributed by atoms with Crippen LogP contribution in [0.15, 0.2) is 0 Å². The summed E-state index contributed by atoms with van der Waals surface area (Å²) in [7, 11) is 1.78. The van der Waals surface area contributed by atoms with Crippen molar-refractivity contribution in [2.75, 3.05) is 0 Å². The molecule has 2 N–H and O–H groups in total. The molecule has 0 saturated heterocycles. The van der Waals surface area contributed by atoms with Gasteiger partial charge in [-0.3, -0.25) is 4.79 Å². The van der Waals surface area contributed by atoms with Gasteiger partial charge in [0.25, 0.3) is 0 Å². The number of nitrogens with one attached hydrogen (secondary N) is 1. The molecule has 0 radical (unpaired) electrons. The summed E-state index contributed by atoms with van der Waals surface area (Å²) in [5, 5.41) is 9.60. The first-order valence-electron chi connectivity index (χ1n) is 1.42. The number of carboxylic acid groups (broad SMARTS) is 1. The van der Waals surface area contributed by atoms with Gasteiger partial charge in [0.1, 0.15) is 0 Å². The highest BCUT2D eigenvalue weighted by Gasteiger charge is 2.05. The molecule has 5 heteroatoms. The van der Waals surface area contributed by atoms with E-state index in [-0.39, 0.29) is 0 Å². The third-order valence-electron chi connectivity index (χ3n) is 0.325. The zero-order valence-electron chi connectivity index (χ0n) is 3.34. The summed E-state index contributed by atoms with van der Waals surface area (Å²) >= 11 is 0. The van der Waals surface area contributed by atoms with Crippen molar-refractivity contribution in [2.24, 2.45) is 0 Å². The Bertz CT molecular complexity index is 101. The van der Waals surface area contributed by atoms with Crippen LogP contribution in [0.4, 0.5) is 0 Å². The van der Waals surface area contributed by atoms with Crippen LogP contribution < -0.4 is 5.09 Å².